The van der Waals surface area contributed by atoms with Gasteiger partial charge in [0, 0.05) is 28.5 Å². The lowest BCUT2D eigenvalue weighted by Crippen LogP contribution is -2.19. The Morgan fingerprint density at radius 2 is 0.986 bits per heavy atom. The maximum absolute atomic E-state index is 12.8. The molecular weight excluding hydrogens is 875 g/mol. The third kappa shape index (κ3) is 9.07. The number of phenolic OH excluding ortho intramolecular Hbond substituents is 1. The molecule has 2 heterocycles. The van der Waals surface area contributed by atoms with Gasteiger partial charge in [-0.15, -0.1) is 0 Å². The summed E-state index contributed by atoms with van der Waals surface area (Å²) in [6.07, 6.45) is 4.14. The molecule has 72 heavy (non-hydrogen) atoms. The zero-order chi connectivity index (χ0) is 50.4. The highest BCUT2D eigenvalue weighted by Gasteiger charge is 2.27. The van der Waals surface area contributed by atoms with Crippen LogP contribution in [0.25, 0.3) is 95.0 Å². The van der Waals surface area contributed by atoms with Crippen LogP contribution < -0.4 is 0 Å². The summed E-state index contributed by atoms with van der Waals surface area (Å²) in [6.45, 7) is 20.5. The number of phenols is 1. The quantitative estimate of drug-likeness (QED) is 0.141. The first kappa shape index (κ1) is 47.8. The van der Waals surface area contributed by atoms with Crippen molar-refractivity contribution in [2.45, 2.75) is 91.4 Å². The number of imidazole rings is 1. The fourth-order valence-corrected chi connectivity index (χ4v) is 10.2. The van der Waals surface area contributed by atoms with E-state index in [9.17, 15) is 5.11 Å². The third-order valence-corrected chi connectivity index (χ3v) is 15.1. The largest absolute Gasteiger partial charge is 0.507 e. The predicted molar refractivity (Wildman–Crippen MR) is 304 cm³/mol. The van der Waals surface area contributed by atoms with E-state index in [-0.39, 0.29) is 22.0 Å². The van der Waals surface area contributed by atoms with Crippen molar-refractivity contribution in [1.29, 1.82) is 0 Å². The van der Waals surface area contributed by atoms with Gasteiger partial charge in [-0.25, -0.2) is 4.98 Å². The summed E-state index contributed by atoms with van der Waals surface area (Å²) >= 11 is 0. The second-order valence-corrected chi connectivity index (χ2v) is 21.7. The highest BCUT2D eigenvalue weighted by Crippen LogP contribution is 2.46. The lowest BCUT2D eigenvalue weighted by atomic mass is 9.77. The Labute approximate surface area is 426 Å². The van der Waals surface area contributed by atoms with Gasteiger partial charge in [0.2, 0.25) is 0 Å². The summed E-state index contributed by atoms with van der Waals surface area (Å²) in [5.41, 5.74) is 19.4. The second-order valence-electron chi connectivity index (χ2n) is 21.7. The number of pyridine rings is 1. The van der Waals surface area contributed by atoms with E-state index in [0.29, 0.717) is 11.4 Å². The van der Waals surface area contributed by atoms with Gasteiger partial charge in [-0.05, 0) is 133 Å². The molecule has 0 radical (unpaired) electrons. The molecule has 0 bridgehead atoms. The zero-order valence-electron chi connectivity index (χ0n) is 43.3. The van der Waals surface area contributed by atoms with Gasteiger partial charge < -0.3 is 5.11 Å². The van der Waals surface area contributed by atoms with Gasteiger partial charge in [-0.3, -0.25) is 9.55 Å². The number of benzene rings is 8. The summed E-state index contributed by atoms with van der Waals surface area (Å²) in [4.78, 5) is 10.7. The molecule has 0 spiro atoms. The van der Waals surface area contributed by atoms with E-state index in [1.807, 2.05) is 36.5 Å². The van der Waals surface area contributed by atoms with Crippen LogP contribution in [0.5, 0.6) is 5.75 Å². The van der Waals surface area contributed by atoms with Gasteiger partial charge in [0.05, 0.1) is 28.0 Å². The second kappa shape index (κ2) is 19.1. The molecule has 10 aromatic rings. The molecule has 0 aliphatic rings. The van der Waals surface area contributed by atoms with E-state index in [4.69, 9.17) is 9.97 Å². The summed E-state index contributed by atoms with van der Waals surface area (Å²) < 4.78 is 2.27. The average Bonchev–Trinajstić information content (AvgIpc) is 3.80. The fraction of sp³-hybridized carbons (Fsp3) is 0.206. The summed E-state index contributed by atoms with van der Waals surface area (Å²) in [7, 11) is 0. The van der Waals surface area contributed by atoms with Crippen LogP contribution in [0.4, 0.5) is 0 Å². The van der Waals surface area contributed by atoms with E-state index in [1.165, 1.54) is 22.3 Å². The van der Waals surface area contributed by atoms with Crippen LogP contribution >= 0.6 is 0 Å². The van der Waals surface area contributed by atoms with E-state index < -0.39 is 0 Å². The van der Waals surface area contributed by atoms with E-state index in [0.717, 1.165) is 90.9 Å². The lowest BCUT2D eigenvalue weighted by molar-refractivity contribution is 0.439. The molecule has 4 nitrogen and oxygen atoms in total. The minimum atomic E-state index is -0.163. The summed E-state index contributed by atoms with van der Waals surface area (Å²) in [6, 6.07) is 69.1. The Morgan fingerprint density at radius 1 is 0.417 bits per heavy atom. The van der Waals surface area contributed by atoms with Gasteiger partial charge in [0.1, 0.15) is 11.6 Å². The molecule has 0 aliphatic heterocycles. The fourth-order valence-electron chi connectivity index (χ4n) is 10.2. The molecule has 0 amide bonds. The zero-order valence-corrected chi connectivity index (χ0v) is 43.3. The maximum atomic E-state index is 12.8. The van der Waals surface area contributed by atoms with Crippen LogP contribution in [0, 0.1) is 0 Å². The molecule has 4 heteroatoms. The minimum absolute atomic E-state index is 0.0893. The van der Waals surface area contributed by atoms with Gasteiger partial charge in [-0.1, -0.05) is 208 Å². The average molecular weight is 940 g/mol. The smallest absolute Gasteiger partial charge is 0.149 e. The molecule has 10 rings (SSSR count). The van der Waals surface area contributed by atoms with Gasteiger partial charge in [0.25, 0.3) is 0 Å². The number of aromatic hydroxyl groups is 1. The lowest BCUT2D eigenvalue weighted by Gasteiger charge is -2.27. The van der Waals surface area contributed by atoms with Crippen molar-refractivity contribution in [2.75, 3.05) is 0 Å². The molecule has 2 aromatic heterocycles. The molecule has 8 aromatic carbocycles. The Bertz CT molecular complexity index is 3570. The molecule has 0 aliphatic carbocycles. The monoisotopic (exact) mass is 940 g/mol. The number of hydrogen-bond acceptors (Lipinski definition) is 3. The SMILES string of the molecule is CCC(C)(CC)c1ccc(-c2ccnc(-c3cc(-c4cccc5c4nc(-c4cccc(-c6ccccc6-c6ccccc6)c4O)n5-c4ccc(C(C)(C)C)cc4-c4ccccc4)cc(C(C)(C)C)c3)c2)cc1. The van der Waals surface area contributed by atoms with Crippen molar-refractivity contribution in [3.8, 4) is 89.7 Å². The molecule has 1 N–H and O–H groups in total. The van der Waals surface area contributed by atoms with Crippen molar-refractivity contribution in [2.24, 2.45) is 0 Å². The Hall–Kier alpha value is -7.82. The molecule has 0 saturated heterocycles. The number of para-hydroxylation sites is 2. The van der Waals surface area contributed by atoms with Gasteiger partial charge in [0.15, 0.2) is 0 Å². The number of rotatable bonds is 11. The third-order valence-electron chi connectivity index (χ3n) is 15.1. The molecule has 0 unspecified atom stereocenters. The highest BCUT2D eigenvalue weighted by atomic mass is 16.3. The Balaban J connectivity index is 1.20. The normalized spacial score (nSPS) is 12.1. The van der Waals surface area contributed by atoms with Crippen molar-refractivity contribution >= 4 is 11.0 Å². The molecular formula is C68H65N3O. The Morgan fingerprint density at radius 3 is 1.65 bits per heavy atom. The summed E-state index contributed by atoms with van der Waals surface area (Å²) in [5.74, 6) is 0.828. The van der Waals surface area contributed by atoms with Crippen LogP contribution in [0.1, 0.15) is 91.8 Å². The van der Waals surface area contributed by atoms with E-state index in [1.54, 1.807) is 0 Å². The molecule has 0 fully saturated rings. The Kier molecular flexibility index (Phi) is 12.7. The van der Waals surface area contributed by atoms with Crippen LogP contribution in [0.3, 0.4) is 0 Å². The first-order valence-corrected chi connectivity index (χ1v) is 25.6. The van der Waals surface area contributed by atoms with Crippen molar-refractivity contribution < 1.29 is 5.11 Å². The number of nitrogens with zero attached hydrogens (tertiary/aromatic N) is 3. The van der Waals surface area contributed by atoms with Crippen molar-refractivity contribution in [3.05, 3.63) is 217 Å². The topological polar surface area (TPSA) is 50.9 Å². The van der Waals surface area contributed by atoms with Crippen LogP contribution in [-0.4, -0.2) is 19.6 Å². The number of fused-ring (bicyclic) bond motifs is 1. The molecule has 0 saturated carbocycles. The van der Waals surface area contributed by atoms with Crippen LogP contribution in [0.2, 0.25) is 0 Å². The maximum Gasteiger partial charge on any atom is 0.149 e. The van der Waals surface area contributed by atoms with Crippen LogP contribution in [0.15, 0.2) is 200 Å². The van der Waals surface area contributed by atoms with Gasteiger partial charge >= 0.3 is 0 Å². The van der Waals surface area contributed by atoms with E-state index >= 15 is 0 Å². The van der Waals surface area contributed by atoms with Crippen molar-refractivity contribution in [3.63, 3.8) is 0 Å². The van der Waals surface area contributed by atoms with E-state index in [2.05, 4.69) is 231 Å². The van der Waals surface area contributed by atoms with Gasteiger partial charge in [-0.2, -0.15) is 0 Å². The molecule has 358 valence electrons. The van der Waals surface area contributed by atoms with Crippen LogP contribution in [-0.2, 0) is 16.2 Å². The summed E-state index contributed by atoms with van der Waals surface area (Å²) in [5, 5.41) is 12.8. The van der Waals surface area contributed by atoms with Crippen molar-refractivity contribution in [1.82, 2.24) is 14.5 Å². The molecule has 0 atom stereocenters. The first-order valence-electron chi connectivity index (χ1n) is 25.6. The first-order chi connectivity index (χ1) is 34.6. The predicted octanol–water partition coefficient (Wildman–Crippen LogP) is 18.5. The highest BCUT2D eigenvalue weighted by molar-refractivity contribution is 5.99. The number of hydrogen-bond donors (Lipinski definition) is 1. The minimum Gasteiger partial charge on any atom is -0.507 e. The standard InChI is InChI=1S/C68H65N3O/c1-10-68(9,11-2)51-34-32-45(33-35-51)48-38-39-69-60(43-48)50-40-49(41-53(42-50)67(6,7)8)55-28-21-31-62-63(55)70-65(71(62)61-37-36-52(66(3,4)5)44-59(61)47-24-16-13-17-25-47)58-30-20-29-57(64(58)72)56-27-19-18-26-54(56)46-22-14-12-15-23-46/h12-44,72H,10-11H2,1-9H3. The number of aromatic nitrogens is 3.